The third-order valence-corrected chi connectivity index (χ3v) is 7.14. The number of aliphatic hydroxyl groups is 2. The van der Waals surface area contributed by atoms with Crippen LogP contribution in [0, 0.1) is 0 Å². The highest BCUT2D eigenvalue weighted by Gasteiger charge is 2.41. The first kappa shape index (κ1) is 25.8. The Morgan fingerprint density at radius 1 is 1.00 bits per heavy atom. The second-order valence-electron chi connectivity index (χ2n) is 7.92. The fourth-order valence-electron chi connectivity index (χ4n) is 3.86. The zero-order chi connectivity index (χ0) is 25.3. The molecule has 2 aromatic rings. The molecular formula is C18H23N4O11PS. The third kappa shape index (κ3) is 5.94. The van der Waals surface area contributed by atoms with Gasteiger partial charge in [0.25, 0.3) is 11.1 Å². The Morgan fingerprint density at radius 2 is 1.54 bits per heavy atom. The summed E-state index contributed by atoms with van der Waals surface area (Å²) in [6, 6.07) is 2.27. The van der Waals surface area contributed by atoms with E-state index in [0.717, 1.165) is 21.3 Å². The minimum Gasteiger partial charge on any atom is -0.394 e. The van der Waals surface area contributed by atoms with Gasteiger partial charge in [-0.05, 0) is 11.8 Å². The van der Waals surface area contributed by atoms with Gasteiger partial charge in [0.05, 0.1) is 25.4 Å². The summed E-state index contributed by atoms with van der Waals surface area (Å²) in [5.41, 5.74) is -2.59. The van der Waals surface area contributed by atoms with Crippen molar-refractivity contribution in [2.45, 2.75) is 49.7 Å². The zero-order valence-electron chi connectivity index (χ0n) is 18.0. The number of aromatic nitrogens is 4. The van der Waals surface area contributed by atoms with Gasteiger partial charge in [0.1, 0.15) is 24.7 Å². The summed E-state index contributed by atoms with van der Waals surface area (Å²) in [7, 11) is 0. The highest BCUT2D eigenvalue weighted by molar-refractivity contribution is 8.07. The van der Waals surface area contributed by atoms with Gasteiger partial charge in [-0.3, -0.25) is 28.7 Å². The van der Waals surface area contributed by atoms with E-state index in [9.17, 15) is 34.3 Å². The Kier molecular flexibility index (Phi) is 7.65. The standard InChI is InChI=1S/C18H23N4O11PS/c23-7-11-10(6-16(31-11)22-4-2-14(26)20-18(22)28)33-34(29,35)30-8-12-9(24)5-15(32-12)21-3-1-13(25)19-17(21)27/h1-4,9-12,15-16,23-24H,5-8H2,(H,29,35)(H,19,25,27)(H,20,26,28)/t9-,10-,11+,12+,15+,16+,34?/m0/s1. The number of hydrogen-bond acceptors (Lipinski definition) is 11. The molecule has 2 saturated heterocycles. The Bertz CT molecular complexity index is 1340. The summed E-state index contributed by atoms with van der Waals surface area (Å²) in [6.07, 6.45) is -3.18. The lowest BCUT2D eigenvalue weighted by molar-refractivity contribution is -0.0531. The van der Waals surface area contributed by atoms with Crippen LogP contribution < -0.4 is 22.5 Å². The Morgan fingerprint density at radius 3 is 2.09 bits per heavy atom. The van der Waals surface area contributed by atoms with Crippen molar-refractivity contribution in [3.8, 4) is 0 Å². The molecule has 35 heavy (non-hydrogen) atoms. The molecule has 0 aromatic carbocycles. The van der Waals surface area contributed by atoms with Crippen LogP contribution in [0.25, 0.3) is 0 Å². The maximum absolute atomic E-state index is 12.0. The SMILES string of the molecule is O=c1ccn([C@H]2C[C@H](OP(O)(=S)OC[C@H]3O[C@@H](n4ccc(=O)[nH]c4=O)C[C@@H]3O)[C@@H](CO)O2)c(=O)[nH]1. The van der Waals surface area contributed by atoms with Crippen molar-refractivity contribution in [3.63, 3.8) is 0 Å². The molecule has 0 spiro atoms. The molecule has 4 rings (SSSR count). The zero-order valence-corrected chi connectivity index (χ0v) is 19.7. The Hall–Kier alpha value is -2.27. The molecule has 0 radical (unpaired) electrons. The molecule has 2 aliphatic rings. The first-order valence-corrected chi connectivity index (χ1v) is 13.0. The van der Waals surface area contributed by atoms with Gasteiger partial charge < -0.3 is 33.6 Å². The summed E-state index contributed by atoms with van der Waals surface area (Å²) >= 11 is 5.05. The van der Waals surface area contributed by atoms with Crippen LogP contribution in [0.1, 0.15) is 25.3 Å². The van der Waals surface area contributed by atoms with E-state index >= 15 is 0 Å². The van der Waals surface area contributed by atoms with E-state index in [-0.39, 0.29) is 19.4 Å². The second kappa shape index (κ2) is 10.4. The average molecular weight is 534 g/mol. The van der Waals surface area contributed by atoms with Gasteiger partial charge in [-0.2, -0.15) is 0 Å². The van der Waals surface area contributed by atoms with Crippen LogP contribution in [0.15, 0.2) is 43.7 Å². The van der Waals surface area contributed by atoms with Gasteiger partial charge in [0, 0.05) is 37.4 Å². The summed E-state index contributed by atoms with van der Waals surface area (Å²) in [5, 5.41) is 19.9. The fourth-order valence-corrected chi connectivity index (χ4v) is 5.33. The number of aliphatic hydroxyl groups excluding tert-OH is 2. The van der Waals surface area contributed by atoms with E-state index in [4.69, 9.17) is 30.3 Å². The monoisotopic (exact) mass is 534 g/mol. The molecule has 0 aliphatic carbocycles. The number of H-pyrrole nitrogens is 2. The maximum atomic E-state index is 12.0. The summed E-state index contributed by atoms with van der Waals surface area (Å²) < 4.78 is 24.3. The van der Waals surface area contributed by atoms with Crippen molar-refractivity contribution in [2.24, 2.45) is 0 Å². The molecule has 7 atom stereocenters. The molecule has 17 heteroatoms. The minimum atomic E-state index is -3.93. The highest BCUT2D eigenvalue weighted by atomic mass is 32.5. The van der Waals surface area contributed by atoms with Gasteiger partial charge in [-0.1, -0.05) is 0 Å². The topological polar surface area (TPSA) is 207 Å². The number of nitrogens with one attached hydrogen (secondary N) is 2. The van der Waals surface area contributed by atoms with Crippen LogP contribution in [0.4, 0.5) is 0 Å². The fraction of sp³-hybridized carbons (Fsp3) is 0.556. The molecule has 1 unspecified atom stereocenters. The maximum Gasteiger partial charge on any atom is 0.330 e. The van der Waals surface area contributed by atoms with Crippen LogP contribution in [-0.4, -0.2) is 71.8 Å². The van der Waals surface area contributed by atoms with Crippen LogP contribution in [0.3, 0.4) is 0 Å². The molecule has 0 amide bonds. The van der Waals surface area contributed by atoms with E-state index in [2.05, 4.69) is 9.97 Å². The van der Waals surface area contributed by atoms with Crippen molar-refractivity contribution in [1.29, 1.82) is 0 Å². The summed E-state index contributed by atoms with van der Waals surface area (Å²) in [5.74, 6) is 0. The van der Waals surface area contributed by atoms with Crippen molar-refractivity contribution >= 4 is 18.5 Å². The van der Waals surface area contributed by atoms with E-state index in [0.29, 0.717) is 0 Å². The van der Waals surface area contributed by atoms with Gasteiger partial charge in [0.15, 0.2) is 0 Å². The molecule has 192 valence electrons. The molecule has 2 aliphatic heterocycles. The number of hydrogen-bond donors (Lipinski definition) is 5. The average Bonchev–Trinajstić information content (AvgIpc) is 3.34. The highest BCUT2D eigenvalue weighted by Crippen LogP contribution is 2.49. The first-order valence-electron chi connectivity index (χ1n) is 10.4. The molecule has 2 fully saturated rings. The van der Waals surface area contributed by atoms with Crippen LogP contribution in [0.5, 0.6) is 0 Å². The van der Waals surface area contributed by atoms with Crippen LogP contribution in [0.2, 0.25) is 0 Å². The van der Waals surface area contributed by atoms with Crippen LogP contribution in [-0.2, 0) is 30.3 Å². The third-order valence-electron chi connectivity index (χ3n) is 5.56. The number of rotatable bonds is 8. The summed E-state index contributed by atoms with van der Waals surface area (Å²) in [6.45, 7) is -4.80. The second-order valence-corrected chi connectivity index (χ2v) is 10.7. The Labute approximate surface area is 200 Å². The molecular weight excluding hydrogens is 511 g/mol. The minimum absolute atomic E-state index is 0.0131. The molecule has 15 nitrogen and oxygen atoms in total. The molecule has 0 bridgehead atoms. The smallest absolute Gasteiger partial charge is 0.330 e. The number of ether oxygens (including phenoxy) is 2. The number of aromatic amines is 2. The predicted molar refractivity (Wildman–Crippen MR) is 120 cm³/mol. The van der Waals surface area contributed by atoms with E-state index in [1.807, 2.05) is 0 Å². The van der Waals surface area contributed by atoms with Crippen molar-refractivity contribution in [1.82, 2.24) is 19.1 Å². The quantitative estimate of drug-likeness (QED) is 0.225. The number of nitrogens with zero attached hydrogens (tertiary/aromatic N) is 2. The molecule has 4 heterocycles. The van der Waals surface area contributed by atoms with E-state index in [1.54, 1.807) is 0 Å². The van der Waals surface area contributed by atoms with Gasteiger partial charge in [-0.15, -0.1) is 0 Å². The van der Waals surface area contributed by atoms with Gasteiger partial charge in [-0.25, -0.2) is 9.59 Å². The molecule has 2 aromatic heterocycles. The largest absolute Gasteiger partial charge is 0.394 e. The van der Waals surface area contributed by atoms with E-state index in [1.165, 1.54) is 12.4 Å². The lowest BCUT2D eigenvalue weighted by Gasteiger charge is -2.24. The lowest BCUT2D eigenvalue weighted by Crippen LogP contribution is -2.32. The van der Waals surface area contributed by atoms with Gasteiger partial charge in [0.2, 0.25) is 0 Å². The van der Waals surface area contributed by atoms with Crippen molar-refractivity contribution in [2.75, 3.05) is 13.2 Å². The predicted octanol–water partition coefficient (Wildman–Crippen LogP) is -2.37. The molecule has 5 N–H and O–H groups in total. The van der Waals surface area contributed by atoms with Gasteiger partial charge >= 0.3 is 18.1 Å². The first-order chi connectivity index (χ1) is 16.6. The molecule has 0 saturated carbocycles. The van der Waals surface area contributed by atoms with E-state index < -0.39 is 72.7 Å². The van der Waals surface area contributed by atoms with Crippen LogP contribution >= 0.6 is 6.72 Å². The summed E-state index contributed by atoms with van der Waals surface area (Å²) in [4.78, 5) is 61.2. The lowest BCUT2D eigenvalue weighted by atomic mass is 10.2. The normalized spacial score (nSPS) is 30.4. The van der Waals surface area contributed by atoms with Crippen molar-refractivity contribution in [3.05, 3.63) is 66.2 Å². The van der Waals surface area contributed by atoms with Crippen molar-refractivity contribution < 1.29 is 33.6 Å². The Balaban J connectivity index is 1.37.